The summed E-state index contributed by atoms with van der Waals surface area (Å²) < 4.78 is 41.7. The molecule has 9 heteroatoms. The molecule has 0 bridgehead atoms. The molecule has 0 aromatic heterocycles. The Hall–Kier alpha value is -1.61. The summed E-state index contributed by atoms with van der Waals surface area (Å²) in [6, 6.07) is 3.84. The van der Waals surface area contributed by atoms with Gasteiger partial charge in [0.15, 0.2) is 0 Å². The van der Waals surface area contributed by atoms with E-state index in [0.29, 0.717) is 15.6 Å². The Morgan fingerprint density at radius 1 is 1.29 bits per heavy atom. The largest absolute Gasteiger partial charge is 0.408 e. The van der Waals surface area contributed by atoms with Gasteiger partial charge in [-0.2, -0.15) is 13.2 Å². The van der Waals surface area contributed by atoms with E-state index in [1.807, 2.05) is 0 Å². The topological polar surface area (TPSA) is 58.5 Å². The number of hydrogen-bond acceptors (Lipinski definition) is 5. The zero-order chi connectivity index (χ0) is 17.9. The van der Waals surface area contributed by atoms with Crippen molar-refractivity contribution in [2.75, 3.05) is 7.05 Å². The van der Waals surface area contributed by atoms with Gasteiger partial charge in [-0.1, -0.05) is 23.7 Å². The molecular formula is C15H16ClF3N4S. The van der Waals surface area contributed by atoms with E-state index < -0.39 is 12.2 Å². The molecule has 2 rings (SSSR count). The van der Waals surface area contributed by atoms with Crippen LogP contribution in [0.1, 0.15) is 11.6 Å². The second-order valence-corrected chi connectivity index (χ2v) is 6.66. The number of nitrogens with two attached hydrogens (primary N) is 2. The van der Waals surface area contributed by atoms with Crippen LogP contribution in [0.4, 0.5) is 13.2 Å². The van der Waals surface area contributed by atoms with E-state index in [0.717, 1.165) is 16.3 Å². The number of rotatable bonds is 4. The number of alkyl halides is 3. The van der Waals surface area contributed by atoms with Crippen LogP contribution in [0.5, 0.6) is 0 Å². The lowest BCUT2D eigenvalue weighted by molar-refractivity contribution is -0.169. The molecule has 0 saturated heterocycles. The molecule has 1 aliphatic heterocycles. The maximum atomic E-state index is 13.5. The first-order valence-corrected chi connectivity index (χ1v) is 7.96. The molecule has 4 nitrogen and oxygen atoms in total. The number of halogens is 4. The van der Waals surface area contributed by atoms with Gasteiger partial charge in [0.1, 0.15) is 6.04 Å². The van der Waals surface area contributed by atoms with Crippen LogP contribution in [0.15, 0.2) is 59.4 Å². The second kappa shape index (κ2) is 7.52. The van der Waals surface area contributed by atoms with Crippen LogP contribution >= 0.6 is 23.5 Å². The van der Waals surface area contributed by atoms with Crippen LogP contribution in [-0.2, 0) is 0 Å². The van der Waals surface area contributed by atoms with Gasteiger partial charge >= 0.3 is 6.18 Å². The van der Waals surface area contributed by atoms with Crippen molar-refractivity contribution in [1.29, 1.82) is 0 Å². The summed E-state index contributed by atoms with van der Waals surface area (Å²) in [6.07, 6.45) is 1.59. The summed E-state index contributed by atoms with van der Waals surface area (Å²) in [5.41, 5.74) is 6.04. The Kier molecular flexibility index (Phi) is 5.87. The van der Waals surface area contributed by atoms with Crippen LogP contribution < -0.4 is 11.6 Å². The third-order valence-electron chi connectivity index (χ3n) is 3.27. The SMILES string of the molecule is CN(SC1=C/C(=C/N)N(N)C=C1)[C@H](c1ccc(Cl)cc1)C(F)(F)F. The molecule has 130 valence electrons. The van der Waals surface area contributed by atoms with Gasteiger partial charge in [-0.25, -0.2) is 10.1 Å². The van der Waals surface area contributed by atoms with Gasteiger partial charge < -0.3 is 5.73 Å². The van der Waals surface area contributed by atoms with Crippen LogP contribution in [0, 0.1) is 0 Å². The minimum Gasteiger partial charge on any atom is -0.403 e. The first-order valence-electron chi connectivity index (χ1n) is 6.81. The van der Waals surface area contributed by atoms with Crippen molar-refractivity contribution in [3.05, 3.63) is 70.0 Å². The standard InChI is InChI=1S/C15H16ClF3N4S/c1-22(24-13-6-7-23(21)12(8-13)9-20)14(15(17,18)19)10-2-4-11(16)5-3-10/h2-9,14H,20-21H2,1H3/b12-9-/t14-/m1/s1. The van der Waals surface area contributed by atoms with E-state index >= 15 is 0 Å². The van der Waals surface area contributed by atoms with Gasteiger partial charge in [-0.15, -0.1) is 0 Å². The van der Waals surface area contributed by atoms with Crippen molar-refractivity contribution in [2.45, 2.75) is 12.2 Å². The number of benzene rings is 1. The fourth-order valence-corrected chi connectivity index (χ4v) is 3.27. The van der Waals surface area contributed by atoms with Gasteiger partial charge in [-0.05, 0) is 48.8 Å². The van der Waals surface area contributed by atoms with Crippen LogP contribution in [-0.4, -0.2) is 22.5 Å². The van der Waals surface area contributed by atoms with Gasteiger partial charge in [0, 0.05) is 22.3 Å². The third kappa shape index (κ3) is 4.47. The maximum Gasteiger partial charge on any atom is 0.408 e. The Balaban J connectivity index is 2.25. The molecule has 24 heavy (non-hydrogen) atoms. The number of hydrazine groups is 1. The molecule has 4 N–H and O–H groups in total. The Bertz CT molecular complexity index is 670. The lowest BCUT2D eigenvalue weighted by Crippen LogP contribution is -2.32. The van der Waals surface area contributed by atoms with Gasteiger partial charge in [0.25, 0.3) is 0 Å². The first-order chi connectivity index (χ1) is 11.2. The molecule has 1 heterocycles. The zero-order valence-electron chi connectivity index (χ0n) is 12.7. The van der Waals surface area contributed by atoms with Crippen molar-refractivity contribution in [3.63, 3.8) is 0 Å². The Labute approximate surface area is 147 Å². The van der Waals surface area contributed by atoms with E-state index in [9.17, 15) is 13.2 Å². The molecular weight excluding hydrogens is 361 g/mol. The molecule has 1 aliphatic rings. The van der Waals surface area contributed by atoms with Crippen LogP contribution in [0.3, 0.4) is 0 Å². The number of allylic oxidation sites excluding steroid dienone is 2. The Morgan fingerprint density at radius 2 is 1.92 bits per heavy atom. The van der Waals surface area contributed by atoms with Crippen molar-refractivity contribution < 1.29 is 13.2 Å². The highest BCUT2D eigenvalue weighted by atomic mass is 35.5. The van der Waals surface area contributed by atoms with Gasteiger partial charge in [0.05, 0.1) is 5.70 Å². The zero-order valence-corrected chi connectivity index (χ0v) is 14.2. The van der Waals surface area contributed by atoms with Gasteiger partial charge in [-0.3, -0.25) is 5.01 Å². The highest BCUT2D eigenvalue weighted by molar-refractivity contribution is 8.01. The minimum absolute atomic E-state index is 0.109. The smallest absolute Gasteiger partial charge is 0.403 e. The monoisotopic (exact) mass is 376 g/mol. The first kappa shape index (κ1) is 18.7. The quantitative estimate of drug-likeness (QED) is 0.616. The normalized spacial score (nSPS) is 18.2. The summed E-state index contributed by atoms with van der Waals surface area (Å²) in [6.45, 7) is 0. The van der Waals surface area contributed by atoms with Crippen molar-refractivity contribution in [1.82, 2.24) is 9.31 Å². The predicted molar refractivity (Wildman–Crippen MR) is 91.1 cm³/mol. The molecule has 0 unspecified atom stereocenters. The van der Waals surface area contributed by atoms with E-state index in [2.05, 4.69) is 0 Å². The van der Waals surface area contributed by atoms with E-state index in [1.165, 1.54) is 48.7 Å². The summed E-state index contributed by atoms with van der Waals surface area (Å²) in [5, 5.41) is 1.67. The van der Waals surface area contributed by atoms with Gasteiger partial charge in [0.2, 0.25) is 0 Å². The molecule has 1 aromatic carbocycles. The fraction of sp³-hybridized carbons (Fsp3) is 0.200. The number of nitrogens with zero attached hydrogens (tertiary/aromatic N) is 2. The summed E-state index contributed by atoms with van der Waals surface area (Å²) in [5.74, 6) is 5.66. The van der Waals surface area contributed by atoms with E-state index in [4.69, 9.17) is 23.2 Å². The third-order valence-corrected chi connectivity index (χ3v) is 4.48. The minimum atomic E-state index is -4.44. The molecule has 0 saturated carbocycles. The summed E-state index contributed by atoms with van der Waals surface area (Å²) in [7, 11) is 1.38. The molecule has 1 atom stereocenters. The molecule has 0 spiro atoms. The lowest BCUT2D eigenvalue weighted by Gasteiger charge is -2.30. The van der Waals surface area contributed by atoms with Crippen LogP contribution in [0.2, 0.25) is 5.02 Å². The van der Waals surface area contributed by atoms with Crippen LogP contribution in [0.25, 0.3) is 0 Å². The summed E-state index contributed by atoms with van der Waals surface area (Å²) >= 11 is 6.71. The molecule has 0 fully saturated rings. The van der Waals surface area contributed by atoms with Crippen molar-refractivity contribution in [3.8, 4) is 0 Å². The molecule has 1 aromatic rings. The second-order valence-electron chi connectivity index (χ2n) is 4.99. The Morgan fingerprint density at radius 3 is 2.46 bits per heavy atom. The van der Waals surface area contributed by atoms with Crippen molar-refractivity contribution in [2.24, 2.45) is 11.6 Å². The average molecular weight is 377 g/mol. The fourth-order valence-electron chi connectivity index (χ4n) is 2.17. The lowest BCUT2D eigenvalue weighted by atomic mass is 10.1. The van der Waals surface area contributed by atoms with Crippen molar-refractivity contribution >= 4 is 23.5 Å². The molecule has 0 radical (unpaired) electrons. The summed E-state index contributed by atoms with van der Waals surface area (Å²) in [4.78, 5) is 0.583. The molecule has 0 aliphatic carbocycles. The highest BCUT2D eigenvalue weighted by Gasteiger charge is 2.44. The number of hydrogen-bond donors (Lipinski definition) is 2. The highest BCUT2D eigenvalue weighted by Crippen LogP contribution is 2.42. The maximum absolute atomic E-state index is 13.5. The van der Waals surface area contributed by atoms with E-state index in [-0.39, 0.29) is 5.56 Å². The predicted octanol–water partition coefficient (Wildman–Crippen LogP) is 3.91. The van der Waals surface area contributed by atoms with E-state index in [1.54, 1.807) is 12.2 Å². The molecule has 0 amide bonds. The average Bonchev–Trinajstić information content (AvgIpc) is 2.50.